The van der Waals surface area contributed by atoms with E-state index in [2.05, 4.69) is 0 Å². The van der Waals surface area contributed by atoms with E-state index in [1.54, 1.807) is 13.0 Å². The molecule has 1 aromatic carbocycles. The molecule has 0 saturated carbocycles. The summed E-state index contributed by atoms with van der Waals surface area (Å²) in [5.41, 5.74) is 7.49. The van der Waals surface area contributed by atoms with Gasteiger partial charge in [-0.25, -0.2) is 0 Å². The van der Waals surface area contributed by atoms with E-state index >= 15 is 0 Å². The Morgan fingerprint density at radius 1 is 1.33 bits per heavy atom. The van der Waals surface area contributed by atoms with Gasteiger partial charge in [-0.2, -0.15) is 0 Å². The number of rotatable bonds is 1. The van der Waals surface area contributed by atoms with Crippen LogP contribution in [0.3, 0.4) is 0 Å². The van der Waals surface area contributed by atoms with Gasteiger partial charge in [0, 0.05) is 6.07 Å². The van der Waals surface area contributed by atoms with Crippen molar-refractivity contribution in [3.05, 3.63) is 33.4 Å². The molecule has 0 fully saturated rings. The molecular weight excluding hydrogens is 192 g/mol. The van der Waals surface area contributed by atoms with Crippen molar-refractivity contribution in [1.29, 1.82) is 0 Å². The van der Waals surface area contributed by atoms with Gasteiger partial charge in [0.05, 0.1) is 4.92 Å². The zero-order valence-electron chi connectivity index (χ0n) is 9.50. The monoisotopic (exact) mass is 208 g/mol. The van der Waals surface area contributed by atoms with Gasteiger partial charge >= 0.3 is 0 Å². The molecule has 0 aromatic heterocycles. The highest BCUT2D eigenvalue weighted by Crippen LogP contribution is 2.32. The van der Waals surface area contributed by atoms with Crippen LogP contribution >= 0.6 is 0 Å². The summed E-state index contributed by atoms with van der Waals surface area (Å²) in [6, 6.07) is 3.46. The van der Waals surface area contributed by atoms with Crippen molar-refractivity contribution in [2.75, 3.05) is 5.73 Å². The highest BCUT2D eigenvalue weighted by Gasteiger charge is 2.21. The highest BCUT2D eigenvalue weighted by molar-refractivity contribution is 5.64. The molecule has 0 aliphatic rings. The molecule has 0 atom stereocenters. The summed E-state index contributed by atoms with van der Waals surface area (Å²) < 4.78 is 0. The number of nitrogens with two attached hydrogens (primary N) is 1. The van der Waals surface area contributed by atoms with Crippen molar-refractivity contribution in [3.63, 3.8) is 0 Å². The molecule has 0 heterocycles. The van der Waals surface area contributed by atoms with Crippen molar-refractivity contribution in [2.45, 2.75) is 33.1 Å². The lowest BCUT2D eigenvalue weighted by Gasteiger charge is -2.19. The number of hydrogen-bond acceptors (Lipinski definition) is 3. The molecular formula is C11H16N2O2. The van der Waals surface area contributed by atoms with Crippen LogP contribution in [0, 0.1) is 17.0 Å². The van der Waals surface area contributed by atoms with E-state index in [0.29, 0.717) is 0 Å². The van der Waals surface area contributed by atoms with Gasteiger partial charge in [0.2, 0.25) is 0 Å². The maximum Gasteiger partial charge on any atom is 0.292 e. The van der Waals surface area contributed by atoms with E-state index in [4.69, 9.17) is 5.73 Å². The van der Waals surface area contributed by atoms with Crippen molar-refractivity contribution < 1.29 is 4.92 Å². The Hall–Kier alpha value is -1.58. The van der Waals surface area contributed by atoms with Crippen LogP contribution in [0.2, 0.25) is 0 Å². The Morgan fingerprint density at radius 3 is 2.27 bits per heavy atom. The Kier molecular flexibility index (Phi) is 2.71. The molecule has 0 aliphatic carbocycles. The standard InChI is InChI=1S/C11H16N2O2/c1-7-5-8(11(2,3)4)6-9(10(7)12)13(14)15/h5-6H,12H2,1-4H3. The molecule has 0 saturated heterocycles. The molecule has 1 aromatic rings. The number of nitro benzene ring substituents is 1. The lowest BCUT2D eigenvalue weighted by Crippen LogP contribution is -2.12. The third-order valence-corrected chi connectivity index (χ3v) is 2.43. The maximum atomic E-state index is 10.8. The van der Waals surface area contributed by atoms with Crippen LogP contribution in [0.25, 0.3) is 0 Å². The second-order valence-corrected chi connectivity index (χ2v) is 4.73. The number of benzene rings is 1. The summed E-state index contributed by atoms with van der Waals surface area (Å²) in [6.45, 7) is 7.84. The lowest BCUT2D eigenvalue weighted by atomic mass is 9.85. The molecule has 4 nitrogen and oxygen atoms in total. The topological polar surface area (TPSA) is 69.2 Å². The van der Waals surface area contributed by atoms with Gasteiger partial charge in [-0.3, -0.25) is 10.1 Å². The average molecular weight is 208 g/mol. The first-order valence-electron chi connectivity index (χ1n) is 4.78. The minimum atomic E-state index is -0.433. The largest absolute Gasteiger partial charge is 0.393 e. The molecule has 0 amide bonds. The quantitative estimate of drug-likeness (QED) is 0.438. The number of nitrogen functional groups attached to an aromatic ring is 1. The fourth-order valence-electron chi connectivity index (χ4n) is 1.36. The van der Waals surface area contributed by atoms with Gasteiger partial charge in [0.25, 0.3) is 5.69 Å². The number of aryl methyl sites for hydroxylation is 1. The molecule has 0 bridgehead atoms. The second-order valence-electron chi connectivity index (χ2n) is 4.73. The Balaban J connectivity index is 3.43. The van der Waals surface area contributed by atoms with E-state index in [1.165, 1.54) is 0 Å². The summed E-state index contributed by atoms with van der Waals surface area (Å²) >= 11 is 0. The Bertz CT molecular complexity index is 406. The third-order valence-electron chi connectivity index (χ3n) is 2.43. The molecule has 15 heavy (non-hydrogen) atoms. The molecule has 0 aliphatic heterocycles. The number of anilines is 1. The summed E-state index contributed by atoms with van der Waals surface area (Å²) in [6.07, 6.45) is 0. The normalized spacial score (nSPS) is 11.5. The first kappa shape index (κ1) is 11.5. The molecule has 2 N–H and O–H groups in total. The van der Waals surface area contributed by atoms with Crippen LogP contribution in [0.5, 0.6) is 0 Å². The van der Waals surface area contributed by atoms with Crippen LogP contribution in [-0.2, 0) is 5.41 Å². The van der Waals surface area contributed by atoms with Crippen LogP contribution < -0.4 is 5.73 Å². The highest BCUT2D eigenvalue weighted by atomic mass is 16.6. The SMILES string of the molecule is Cc1cc(C(C)(C)C)cc([N+](=O)[O-])c1N. The van der Waals surface area contributed by atoms with Gasteiger partial charge < -0.3 is 5.73 Å². The van der Waals surface area contributed by atoms with Crippen molar-refractivity contribution in [1.82, 2.24) is 0 Å². The fourth-order valence-corrected chi connectivity index (χ4v) is 1.36. The van der Waals surface area contributed by atoms with Gasteiger partial charge in [-0.15, -0.1) is 0 Å². The number of hydrogen-bond donors (Lipinski definition) is 1. The van der Waals surface area contributed by atoms with E-state index in [-0.39, 0.29) is 16.8 Å². The number of nitro groups is 1. The maximum absolute atomic E-state index is 10.8. The van der Waals surface area contributed by atoms with E-state index in [9.17, 15) is 10.1 Å². The summed E-state index contributed by atoms with van der Waals surface area (Å²) in [7, 11) is 0. The van der Waals surface area contributed by atoms with Crippen molar-refractivity contribution in [3.8, 4) is 0 Å². The van der Waals surface area contributed by atoms with Crippen molar-refractivity contribution in [2.24, 2.45) is 0 Å². The summed E-state index contributed by atoms with van der Waals surface area (Å²) in [5, 5.41) is 10.8. The summed E-state index contributed by atoms with van der Waals surface area (Å²) in [4.78, 5) is 10.3. The predicted molar refractivity (Wildman–Crippen MR) is 60.9 cm³/mol. The minimum absolute atomic E-state index is 0.0000694. The predicted octanol–water partition coefficient (Wildman–Crippen LogP) is 2.78. The van der Waals surface area contributed by atoms with Crippen LogP contribution in [0.4, 0.5) is 11.4 Å². The van der Waals surface area contributed by atoms with E-state index < -0.39 is 4.92 Å². The molecule has 4 heteroatoms. The molecule has 82 valence electrons. The zero-order chi connectivity index (χ0) is 11.8. The fraction of sp³-hybridized carbons (Fsp3) is 0.455. The van der Waals surface area contributed by atoms with Gasteiger partial charge in [-0.05, 0) is 23.5 Å². The van der Waals surface area contributed by atoms with Gasteiger partial charge in [-0.1, -0.05) is 26.8 Å². The van der Waals surface area contributed by atoms with Crippen molar-refractivity contribution >= 4 is 11.4 Å². The number of nitrogens with zero attached hydrogens (tertiary/aromatic N) is 1. The molecule has 1 rings (SSSR count). The smallest absolute Gasteiger partial charge is 0.292 e. The third kappa shape index (κ3) is 2.26. The second kappa shape index (κ2) is 3.53. The first-order valence-corrected chi connectivity index (χ1v) is 4.78. The Labute approximate surface area is 89.2 Å². The molecule has 0 radical (unpaired) electrons. The van der Waals surface area contributed by atoms with E-state index in [0.717, 1.165) is 11.1 Å². The average Bonchev–Trinajstić information content (AvgIpc) is 2.06. The minimum Gasteiger partial charge on any atom is -0.393 e. The first-order chi connectivity index (χ1) is 6.73. The molecule has 0 spiro atoms. The lowest BCUT2D eigenvalue weighted by molar-refractivity contribution is -0.384. The van der Waals surface area contributed by atoms with Crippen LogP contribution in [0.1, 0.15) is 31.9 Å². The van der Waals surface area contributed by atoms with Crippen LogP contribution in [-0.4, -0.2) is 4.92 Å². The van der Waals surface area contributed by atoms with Crippen LogP contribution in [0.15, 0.2) is 12.1 Å². The Morgan fingerprint density at radius 2 is 1.87 bits per heavy atom. The zero-order valence-corrected chi connectivity index (χ0v) is 9.50. The van der Waals surface area contributed by atoms with Gasteiger partial charge in [0.15, 0.2) is 0 Å². The summed E-state index contributed by atoms with van der Waals surface area (Å²) in [5.74, 6) is 0. The molecule has 0 unspecified atom stereocenters. The van der Waals surface area contributed by atoms with E-state index in [1.807, 2.05) is 26.8 Å². The van der Waals surface area contributed by atoms with Gasteiger partial charge in [0.1, 0.15) is 5.69 Å².